The van der Waals surface area contributed by atoms with Gasteiger partial charge in [-0.25, -0.2) is 0 Å². The Morgan fingerprint density at radius 1 is 0.235 bits per heavy atom. The van der Waals surface area contributed by atoms with Crippen molar-refractivity contribution < 1.29 is 8.83 Å². The van der Waals surface area contributed by atoms with Crippen LogP contribution in [0.1, 0.15) is 211 Å². The van der Waals surface area contributed by atoms with E-state index in [0.717, 1.165) is 90.1 Å². The highest BCUT2D eigenvalue weighted by Gasteiger charge is 2.52. The van der Waals surface area contributed by atoms with Gasteiger partial charge in [-0.2, -0.15) is 0 Å². The highest BCUT2D eigenvalue weighted by Crippen LogP contribution is 2.54. The third kappa shape index (κ3) is 10.5. The molecular weight excluding hydrogens is 1190 g/mol. The first-order chi connectivity index (χ1) is 45.6. The first kappa shape index (κ1) is 65.3. The maximum atomic E-state index is 7.77. The Balaban J connectivity index is 1.11. The average molecular weight is 1290 g/mol. The number of rotatable bonds is 4. The molecule has 6 nitrogen and oxygen atoms in total. The van der Waals surface area contributed by atoms with Gasteiger partial charge in [0.15, 0.2) is 0 Å². The van der Waals surface area contributed by atoms with Gasteiger partial charge in [-0.3, -0.25) is 0 Å². The fourth-order valence-electron chi connectivity index (χ4n) is 15.8. The van der Waals surface area contributed by atoms with E-state index in [4.69, 9.17) is 8.83 Å². The maximum absolute atomic E-state index is 7.77. The van der Waals surface area contributed by atoms with Crippen LogP contribution in [0.4, 0.5) is 68.2 Å². The fraction of sp³-hybridized carbons (Fsp3) is 0.356. The van der Waals surface area contributed by atoms with Crippen molar-refractivity contribution in [1.82, 2.24) is 0 Å². The summed E-state index contributed by atoms with van der Waals surface area (Å²) in [4.78, 5) is 10.4. The van der Waals surface area contributed by atoms with E-state index >= 15 is 0 Å². The lowest BCUT2D eigenvalue weighted by Crippen LogP contribution is -2.65. The van der Waals surface area contributed by atoms with E-state index in [9.17, 15) is 0 Å². The Bertz CT molecular complexity index is 4730. The Morgan fingerprint density at radius 3 is 0.745 bits per heavy atom. The summed E-state index contributed by atoms with van der Waals surface area (Å²) in [6, 6.07) is 67.0. The summed E-state index contributed by atoms with van der Waals surface area (Å²) >= 11 is 0. The zero-order valence-electron chi connectivity index (χ0n) is 62.9. The number of nitrogens with zero attached hydrogens (tertiary/aromatic N) is 4. The van der Waals surface area contributed by atoms with Gasteiger partial charge in [-0.15, -0.1) is 0 Å². The zero-order valence-corrected chi connectivity index (χ0v) is 62.9. The molecule has 0 fully saturated rings. The molecule has 9 aromatic carbocycles. The summed E-state index contributed by atoms with van der Waals surface area (Å²) in [5.74, 6) is 0. The molecule has 0 atom stereocenters. The summed E-state index contributed by atoms with van der Waals surface area (Å²) in [5.41, 5.74) is 31.3. The molecule has 0 spiro atoms. The molecule has 98 heavy (non-hydrogen) atoms. The molecule has 8 heteroatoms. The van der Waals surface area contributed by atoms with Crippen LogP contribution in [0, 0.1) is 0 Å². The molecule has 0 aliphatic carbocycles. The normalized spacial score (nSPS) is 14.8. The molecule has 0 unspecified atom stereocenters. The van der Waals surface area contributed by atoms with Crippen LogP contribution < -0.4 is 52.8 Å². The minimum absolute atomic E-state index is 0.0354. The summed E-state index contributed by atoms with van der Waals surface area (Å²) in [7, 11) is 0. The minimum atomic E-state index is -0.334. The molecule has 0 saturated carbocycles. The van der Waals surface area contributed by atoms with Crippen LogP contribution in [-0.4, -0.2) is 13.4 Å². The molecular formula is C90H100B2N4O2. The molecule has 15 rings (SSSR count). The zero-order chi connectivity index (χ0) is 70.0. The second-order valence-corrected chi connectivity index (χ2v) is 37.3. The quantitative estimate of drug-likeness (QED) is 0.164. The van der Waals surface area contributed by atoms with Crippen LogP contribution >= 0.6 is 0 Å². The Morgan fingerprint density at radius 2 is 0.480 bits per heavy atom. The van der Waals surface area contributed by atoms with Gasteiger partial charge in [0.05, 0.1) is 22.7 Å². The first-order valence-electron chi connectivity index (χ1n) is 36.0. The van der Waals surface area contributed by atoms with Crippen LogP contribution in [-0.2, 0) is 43.3 Å². The minimum Gasteiger partial charge on any atom is -0.468 e. The standard InChI is InChI=1S/C90H100B2N4O2/c1-83(2,3)53-25-35-61(36-26-53)93-69-52-70-68(51-67(69)91-77-71(93)47-59(89(19,20)21)49-73(77)95(63-39-29-55(30-40-63)85(7,8)9)79-65-45-57(87(13,14)15)33-43-75(65)97-81(79)91)92-78-72(94(70)62-37-27-54(28-38-62)84(4,5)6)48-60(90(22,23)24)50-74(78)96(64-41-31-56(32-42-64)86(10,11)12)80-66-46-58(88(16,17)18)34-44-76(66)98-82(80)92/h25-52H,1-24H3. The number of anilines is 12. The second kappa shape index (κ2) is 21.5. The number of furan rings is 2. The molecule has 4 aliphatic rings. The summed E-state index contributed by atoms with van der Waals surface area (Å²) in [6.07, 6.45) is 0. The first-order valence-corrected chi connectivity index (χ1v) is 36.0. The number of benzene rings is 9. The van der Waals surface area contributed by atoms with Crippen LogP contribution in [0.2, 0.25) is 0 Å². The van der Waals surface area contributed by atoms with E-state index in [1.165, 1.54) is 77.7 Å². The van der Waals surface area contributed by atoms with Crippen molar-refractivity contribution in [1.29, 1.82) is 0 Å². The topological polar surface area (TPSA) is 39.2 Å². The van der Waals surface area contributed by atoms with Crippen LogP contribution in [0.15, 0.2) is 179 Å². The summed E-state index contributed by atoms with van der Waals surface area (Å²) in [6.45, 7) is 55.3. The Hall–Kier alpha value is -8.61. The van der Waals surface area contributed by atoms with Gasteiger partial charge in [-0.1, -0.05) is 233 Å². The van der Waals surface area contributed by atoms with Crippen LogP contribution in [0.5, 0.6) is 0 Å². The lowest BCUT2D eigenvalue weighted by Gasteiger charge is -2.46. The van der Waals surface area contributed by atoms with Gasteiger partial charge >= 0.3 is 0 Å². The predicted molar refractivity (Wildman–Crippen MR) is 424 cm³/mol. The third-order valence-corrected chi connectivity index (χ3v) is 21.9. The summed E-state index contributed by atoms with van der Waals surface area (Å²) in [5, 5.41) is 2.23. The molecule has 11 aromatic rings. The van der Waals surface area contributed by atoms with Crippen molar-refractivity contribution in [3.05, 3.63) is 214 Å². The molecule has 0 saturated heterocycles. The van der Waals surface area contributed by atoms with Gasteiger partial charge < -0.3 is 28.4 Å². The Kier molecular flexibility index (Phi) is 14.3. The van der Waals surface area contributed by atoms with Gasteiger partial charge in [0.2, 0.25) is 0 Å². The number of fused-ring (bicyclic) bond motifs is 12. The number of hydrogen-bond donors (Lipinski definition) is 0. The monoisotopic (exact) mass is 1290 g/mol. The lowest BCUT2D eigenvalue weighted by atomic mass is 9.32. The highest BCUT2D eigenvalue weighted by molar-refractivity contribution is 7.02. The molecule has 4 aliphatic heterocycles. The maximum Gasteiger partial charge on any atom is 0.297 e. The molecule has 2 aromatic heterocycles. The van der Waals surface area contributed by atoms with Crippen molar-refractivity contribution in [3.8, 4) is 0 Å². The molecule has 0 bridgehead atoms. The molecule has 498 valence electrons. The SMILES string of the molecule is CC(C)(C)c1ccc(N2c3cc4c(cc3B3c5oc6ccc(C(C)(C)C)cc6c5N(c5ccc(C(C)(C)C)cc5)c5cc(C(C)(C)C)cc2c53)B2c3oc5ccc(C(C)(C)C)cc5c3N(c3ccc(C(C)(C)C)cc3)c3cc(C(C)(C)C)cc(c32)N4c2ccc(C(C)(C)C)cc2)cc1. The van der Waals surface area contributed by atoms with Crippen molar-refractivity contribution in [2.24, 2.45) is 0 Å². The van der Waals surface area contributed by atoms with Crippen LogP contribution in [0.3, 0.4) is 0 Å². The smallest absolute Gasteiger partial charge is 0.297 e. The molecule has 0 amide bonds. The fourth-order valence-corrected chi connectivity index (χ4v) is 15.8. The van der Waals surface area contributed by atoms with Gasteiger partial charge in [0.25, 0.3) is 13.4 Å². The second-order valence-electron chi connectivity index (χ2n) is 37.3. The molecule has 0 N–H and O–H groups in total. The van der Waals surface area contributed by atoms with Gasteiger partial charge in [0, 0.05) is 67.6 Å². The van der Waals surface area contributed by atoms with E-state index in [2.05, 4.69) is 356 Å². The van der Waals surface area contributed by atoms with Gasteiger partial charge in [0.1, 0.15) is 11.2 Å². The van der Waals surface area contributed by atoms with E-state index in [-0.39, 0.29) is 56.7 Å². The Labute approximate surface area is 585 Å². The van der Waals surface area contributed by atoms with Crippen molar-refractivity contribution in [2.75, 3.05) is 19.6 Å². The van der Waals surface area contributed by atoms with Crippen molar-refractivity contribution in [2.45, 2.75) is 209 Å². The predicted octanol–water partition coefficient (Wildman–Crippen LogP) is 21.7. The highest BCUT2D eigenvalue weighted by atomic mass is 16.3. The lowest BCUT2D eigenvalue weighted by molar-refractivity contribution is 0.589. The summed E-state index contributed by atoms with van der Waals surface area (Å²) < 4.78 is 15.5. The van der Waals surface area contributed by atoms with E-state index in [1.54, 1.807) is 0 Å². The average Bonchev–Trinajstić information content (AvgIpc) is 1.19. The number of hydrogen-bond acceptors (Lipinski definition) is 6. The van der Waals surface area contributed by atoms with Gasteiger partial charge in [-0.05, 0) is 213 Å². The van der Waals surface area contributed by atoms with Crippen LogP contribution in [0.25, 0.3) is 21.9 Å². The third-order valence-electron chi connectivity index (χ3n) is 21.9. The van der Waals surface area contributed by atoms with Crippen molar-refractivity contribution >= 4 is 137 Å². The van der Waals surface area contributed by atoms with E-state index < -0.39 is 0 Å². The molecule has 6 heterocycles. The molecule has 0 radical (unpaired) electrons. The van der Waals surface area contributed by atoms with E-state index in [0.29, 0.717) is 0 Å². The van der Waals surface area contributed by atoms with E-state index in [1.807, 2.05) is 0 Å². The largest absolute Gasteiger partial charge is 0.468 e. The van der Waals surface area contributed by atoms with Crippen molar-refractivity contribution in [3.63, 3.8) is 0 Å².